The number of rotatable bonds is 0. The first-order valence-corrected chi connectivity index (χ1v) is 6.39. The third-order valence-corrected chi connectivity index (χ3v) is 4.47. The highest BCUT2D eigenvalue weighted by molar-refractivity contribution is 6.04. The van der Waals surface area contributed by atoms with E-state index in [1.807, 2.05) is 19.9 Å². The van der Waals surface area contributed by atoms with Gasteiger partial charge >= 0.3 is 0 Å². The first-order chi connectivity index (χ1) is 7.74. The smallest absolute Gasteiger partial charge is 0.181 e. The zero-order valence-electron chi connectivity index (χ0n) is 11.2. The number of fused-ring (bicyclic) bond motifs is 1. The second-order valence-corrected chi connectivity index (χ2v) is 6.41. The molecule has 2 atom stereocenters. The minimum atomic E-state index is -0.796. The van der Waals surface area contributed by atoms with Crippen LogP contribution in [0.15, 0.2) is 23.3 Å². The number of carbonyl (C=O) groups is 1. The zero-order chi connectivity index (χ0) is 12.8. The van der Waals surface area contributed by atoms with Gasteiger partial charge < -0.3 is 5.11 Å². The molecule has 0 aromatic rings. The van der Waals surface area contributed by atoms with Gasteiger partial charge in [-0.25, -0.2) is 0 Å². The maximum Gasteiger partial charge on any atom is 0.181 e. The molecule has 0 radical (unpaired) electrons. The molecule has 2 aliphatic rings. The molecule has 0 aromatic carbocycles. The third-order valence-electron chi connectivity index (χ3n) is 4.47. The Morgan fingerprint density at radius 2 is 2.00 bits per heavy atom. The monoisotopic (exact) mass is 234 g/mol. The molecule has 94 valence electrons. The molecule has 2 heteroatoms. The maximum absolute atomic E-state index is 12.0. The van der Waals surface area contributed by atoms with Crippen LogP contribution in [0.25, 0.3) is 0 Å². The number of hydrogen-bond donors (Lipinski definition) is 1. The lowest BCUT2D eigenvalue weighted by Crippen LogP contribution is -2.31. The van der Waals surface area contributed by atoms with Gasteiger partial charge in [0, 0.05) is 0 Å². The molecule has 0 spiro atoms. The molecule has 0 amide bonds. The summed E-state index contributed by atoms with van der Waals surface area (Å²) in [6.07, 6.45) is 6.38. The lowest BCUT2D eigenvalue weighted by Gasteiger charge is -2.35. The molecule has 2 rings (SSSR count). The van der Waals surface area contributed by atoms with Crippen molar-refractivity contribution in [2.75, 3.05) is 0 Å². The lowest BCUT2D eigenvalue weighted by molar-refractivity contribution is -0.111. The summed E-state index contributed by atoms with van der Waals surface area (Å²) in [5, 5.41) is 10.4. The van der Waals surface area contributed by atoms with Gasteiger partial charge in [0.15, 0.2) is 5.78 Å². The molecule has 2 nitrogen and oxygen atoms in total. The molecule has 1 fully saturated rings. The Labute approximate surface area is 103 Å². The van der Waals surface area contributed by atoms with Crippen LogP contribution in [0.3, 0.4) is 0 Å². The Morgan fingerprint density at radius 3 is 2.65 bits per heavy atom. The highest BCUT2D eigenvalue weighted by Crippen LogP contribution is 2.50. The van der Waals surface area contributed by atoms with E-state index in [1.165, 1.54) is 0 Å². The van der Waals surface area contributed by atoms with Gasteiger partial charge in [-0.3, -0.25) is 4.79 Å². The van der Waals surface area contributed by atoms with E-state index in [0.717, 1.165) is 30.4 Å². The summed E-state index contributed by atoms with van der Waals surface area (Å²) in [6.45, 7) is 8.15. The molecular weight excluding hydrogens is 212 g/mol. The lowest BCUT2D eigenvalue weighted by atomic mass is 9.70. The first kappa shape index (κ1) is 12.6. The van der Waals surface area contributed by atoms with E-state index in [2.05, 4.69) is 13.8 Å². The van der Waals surface area contributed by atoms with Crippen LogP contribution >= 0.6 is 0 Å². The Bertz CT molecular complexity index is 411. The average Bonchev–Trinajstić information content (AvgIpc) is 2.51. The summed E-state index contributed by atoms with van der Waals surface area (Å²) in [4.78, 5) is 12.0. The van der Waals surface area contributed by atoms with E-state index in [4.69, 9.17) is 0 Å². The van der Waals surface area contributed by atoms with Gasteiger partial charge in [-0.05, 0) is 61.7 Å². The molecule has 2 unspecified atom stereocenters. The molecular formula is C15H22O2. The molecule has 0 bridgehead atoms. The summed E-state index contributed by atoms with van der Waals surface area (Å²) >= 11 is 0. The number of hydrogen-bond acceptors (Lipinski definition) is 2. The van der Waals surface area contributed by atoms with Crippen LogP contribution in [0.1, 0.15) is 47.0 Å². The Hall–Kier alpha value is -0.890. The quantitative estimate of drug-likeness (QED) is 0.699. The molecule has 2 aliphatic carbocycles. The summed E-state index contributed by atoms with van der Waals surface area (Å²) < 4.78 is 0. The van der Waals surface area contributed by atoms with Crippen molar-refractivity contribution in [3.05, 3.63) is 23.3 Å². The number of ketones is 1. The van der Waals surface area contributed by atoms with E-state index in [1.54, 1.807) is 6.08 Å². The molecule has 17 heavy (non-hydrogen) atoms. The van der Waals surface area contributed by atoms with E-state index < -0.39 is 5.60 Å². The van der Waals surface area contributed by atoms with Crippen LogP contribution < -0.4 is 0 Å². The van der Waals surface area contributed by atoms with Crippen molar-refractivity contribution < 1.29 is 9.90 Å². The second-order valence-electron chi connectivity index (χ2n) is 6.41. The largest absolute Gasteiger partial charge is 0.386 e. The molecule has 0 aliphatic heterocycles. The Morgan fingerprint density at radius 1 is 1.35 bits per heavy atom. The van der Waals surface area contributed by atoms with Crippen LogP contribution in [-0.2, 0) is 4.79 Å². The average molecular weight is 234 g/mol. The highest BCUT2D eigenvalue weighted by atomic mass is 16.3. The van der Waals surface area contributed by atoms with E-state index in [0.29, 0.717) is 5.92 Å². The van der Waals surface area contributed by atoms with E-state index in [-0.39, 0.29) is 11.2 Å². The van der Waals surface area contributed by atoms with Crippen molar-refractivity contribution in [1.29, 1.82) is 0 Å². The topological polar surface area (TPSA) is 37.3 Å². The molecule has 1 saturated carbocycles. The maximum atomic E-state index is 12.0. The van der Waals surface area contributed by atoms with Crippen molar-refractivity contribution in [3.63, 3.8) is 0 Å². The third kappa shape index (κ3) is 2.11. The summed E-state index contributed by atoms with van der Waals surface area (Å²) in [6, 6.07) is 0. The van der Waals surface area contributed by atoms with Crippen molar-refractivity contribution in [2.45, 2.75) is 52.6 Å². The zero-order valence-corrected chi connectivity index (χ0v) is 11.2. The van der Waals surface area contributed by atoms with Gasteiger partial charge in [-0.15, -0.1) is 0 Å². The Kier molecular flexibility index (Phi) is 2.81. The summed E-state index contributed by atoms with van der Waals surface area (Å²) in [5.74, 6) is 0.383. The van der Waals surface area contributed by atoms with E-state index >= 15 is 0 Å². The standard InChI is InChI=1S/C15H22O2/c1-10-5-7-14(2,3)11-6-8-15(4,17)12(11)9-13(10)16/h5,9,11,17H,6-8H2,1-4H3. The minimum absolute atomic E-state index is 0.0580. The van der Waals surface area contributed by atoms with Crippen LogP contribution in [0.4, 0.5) is 0 Å². The highest BCUT2D eigenvalue weighted by Gasteiger charge is 2.45. The molecule has 0 heterocycles. The minimum Gasteiger partial charge on any atom is -0.386 e. The van der Waals surface area contributed by atoms with Gasteiger partial charge in [-0.2, -0.15) is 0 Å². The van der Waals surface area contributed by atoms with Crippen LogP contribution in [0.5, 0.6) is 0 Å². The number of carbonyl (C=O) groups excluding carboxylic acids is 1. The summed E-state index contributed by atoms with van der Waals surface area (Å²) in [5.41, 5.74) is 1.07. The fourth-order valence-electron chi connectivity index (χ4n) is 3.08. The van der Waals surface area contributed by atoms with Crippen molar-refractivity contribution in [2.24, 2.45) is 11.3 Å². The van der Waals surface area contributed by atoms with Gasteiger partial charge in [0.05, 0.1) is 5.60 Å². The number of allylic oxidation sites excluding steroid dienone is 3. The SMILES string of the molecule is CC1=CCC(C)(C)C2CCC(C)(O)C2=CC1=O. The van der Waals surface area contributed by atoms with Crippen LogP contribution in [0, 0.1) is 11.3 Å². The predicted octanol–water partition coefficient (Wildman–Crippen LogP) is 3.02. The van der Waals surface area contributed by atoms with Gasteiger partial charge in [0.2, 0.25) is 0 Å². The first-order valence-electron chi connectivity index (χ1n) is 6.39. The predicted molar refractivity (Wildman–Crippen MR) is 68.6 cm³/mol. The second kappa shape index (κ2) is 3.81. The van der Waals surface area contributed by atoms with Crippen LogP contribution in [0.2, 0.25) is 0 Å². The van der Waals surface area contributed by atoms with Gasteiger partial charge in [0.1, 0.15) is 0 Å². The molecule has 1 N–H and O–H groups in total. The fourth-order valence-corrected chi connectivity index (χ4v) is 3.08. The molecule has 0 saturated heterocycles. The Balaban J connectivity index is 2.50. The van der Waals surface area contributed by atoms with E-state index in [9.17, 15) is 9.90 Å². The normalized spacial score (nSPS) is 36.8. The van der Waals surface area contributed by atoms with Crippen molar-refractivity contribution in [3.8, 4) is 0 Å². The van der Waals surface area contributed by atoms with Crippen molar-refractivity contribution in [1.82, 2.24) is 0 Å². The van der Waals surface area contributed by atoms with Gasteiger partial charge in [-0.1, -0.05) is 19.9 Å². The van der Waals surface area contributed by atoms with Gasteiger partial charge in [0.25, 0.3) is 0 Å². The fraction of sp³-hybridized carbons (Fsp3) is 0.667. The van der Waals surface area contributed by atoms with Crippen LogP contribution in [-0.4, -0.2) is 16.5 Å². The van der Waals surface area contributed by atoms with Crippen molar-refractivity contribution >= 4 is 5.78 Å². The number of aliphatic hydroxyl groups is 1. The summed E-state index contributed by atoms with van der Waals surface area (Å²) in [7, 11) is 0. The molecule has 0 aromatic heterocycles.